The predicted molar refractivity (Wildman–Crippen MR) is 122 cm³/mol. The van der Waals surface area contributed by atoms with Crippen LogP contribution >= 0.6 is 0 Å². The summed E-state index contributed by atoms with van der Waals surface area (Å²) in [5.74, 6) is 0.696. The summed E-state index contributed by atoms with van der Waals surface area (Å²) in [5.41, 5.74) is 1.29. The topological polar surface area (TPSA) is 104 Å². The lowest BCUT2D eigenvalue weighted by Gasteiger charge is -2.19. The van der Waals surface area contributed by atoms with E-state index >= 15 is 0 Å². The average Bonchev–Trinajstić information content (AvgIpc) is 2.66. The molecule has 1 rings (SSSR count). The van der Waals surface area contributed by atoms with Crippen molar-refractivity contribution in [2.45, 2.75) is 65.5 Å². The third-order valence-electron chi connectivity index (χ3n) is 4.19. The number of hydrogen-bond acceptors (Lipinski definition) is 4. The third-order valence-corrected chi connectivity index (χ3v) is 4.19. The molecule has 1 unspecified atom stereocenters. The molecule has 1 aromatic carbocycles. The molecule has 1 atom stereocenters. The summed E-state index contributed by atoms with van der Waals surface area (Å²) in [5, 5.41) is 12.0. The quantitative estimate of drug-likeness (QED) is 0.364. The molecule has 0 radical (unpaired) electrons. The molecule has 2 amide bonds. The number of nitrogens with one attached hydrogen (secondary N) is 4. The van der Waals surface area contributed by atoms with Crippen molar-refractivity contribution in [3.63, 3.8) is 0 Å². The van der Waals surface area contributed by atoms with Gasteiger partial charge in [-0.3, -0.25) is 15.1 Å². The van der Waals surface area contributed by atoms with E-state index in [0.717, 1.165) is 18.4 Å². The molecule has 4 N–H and O–H groups in total. The number of carbonyl (C=O) groups is 2. The van der Waals surface area contributed by atoms with E-state index in [1.165, 1.54) is 0 Å². The van der Waals surface area contributed by atoms with E-state index in [1.807, 2.05) is 58.9 Å². The fourth-order valence-electron chi connectivity index (χ4n) is 2.47. The van der Waals surface area contributed by atoms with E-state index in [4.69, 9.17) is 4.74 Å². The Morgan fingerprint density at radius 1 is 1.10 bits per heavy atom. The zero-order valence-corrected chi connectivity index (χ0v) is 19.1. The van der Waals surface area contributed by atoms with Gasteiger partial charge in [0.05, 0.1) is 0 Å². The molecule has 0 aromatic heterocycles. The molecular weight excluding hydrogens is 382 g/mol. The van der Waals surface area contributed by atoms with Gasteiger partial charge in [-0.2, -0.15) is 0 Å². The molecule has 1 aromatic rings. The first kappa shape index (κ1) is 25.3. The molecule has 8 heteroatoms. The zero-order valence-electron chi connectivity index (χ0n) is 19.1. The molecule has 30 heavy (non-hydrogen) atoms. The van der Waals surface area contributed by atoms with Crippen molar-refractivity contribution in [2.24, 2.45) is 4.99 Å². The molecule has 8 nitrogen and oxygen atoms in total. The van der Waals surface area contributed by atoms with Crippen molar-refractivity contribution in [1.29, 1.82) is 0 Å². The number of hydrogen-bond donors (Lipinski definition) is 4. The SMILES string of the molecule is CCC(C)NC(=O)CCNC(=NC)NCCc1ccc(NC(=O)OC(C)(C)C)cc1. The number of benzene rings is 1. The van der Waals surface area contributed by atoms with Crippen molar-refractivity contribution >= 4 is 23.6 Å². The maximum absolute atomic E-state index is 11.8. The van der Waals surface area contributed by atoms with Crippen LogP contribution < -0.4 is 21.3 Å². The van der Waals surface area contributed by atoms with Gasteiger partial charge in [-0.25, -0.2) is 4.79 Å². The first-order valence-corrected chi connectivity index (χ1v) is 10.5. The highest BCUT2D eigenvalue weighted by molar-refractivity contribution is 5.84. The molecule has 0 heterocycles. The zero-order chi connectivity index (χ0) is 22.6. The molecule has 0 saturated carbocycles. The standard InChI is InChI=1S/C22H37N5O3/c1-7-16(2)26-19(28)13-15-25-20(23-6)24-14-12-17-8-10-18(11-9-17)27-21(29)30-22(3,4)5/h8-11,16H,7,12-15H2,1-6H3,(H,26,28)(H,27,29)(H2,23,24,25). The number of anilines is 1. The number of aliphatic imine (C=N–C) groups is 1. The minimum Gasteiger partial charge on any atom is -0.444 e. The molecule has 0 fully saturated rings. The summed E-state index contributed by atoms with van der Waals surface area (Å²) < 4.78 is 5.24. The molecule has 0 spiro atoms. The van der Waals surface area contributed by atoms with Crippen molar-refractivity contribution in [3.05, 3.63) is 29.8 Å². The largest absolute Gasteiger partial charge is 0.444 e. The molecule has 0 bridgehead atoms. The van der Waals surface area contributed by atoms with E-state index in [0.29, 0.717) is 31.2 Å². The van der Waals surface area contributed by atoms with Crippen molar-refractivity contribution in [3.8, 4) is 0 Å². The normalized spacial score (nSPS) is 12.7. The predicted octanol–water partition coefficient (Wildman–Crippen LogP) is 3.05. The van der Waals surface area contributed by atoms with Gasteiger partial charge in [0.15, 0.2) is 5.96 Å². The van der Waals surface area contributed by atoms with Gasteiger partial charge in [-0.15, -0.1) is 0 Å². The number of amides is 2. The van der Waals surface area contributed by atoms with E-state index in [2.05, 4.69) is 26.3 Å². The van der Waals surface area contributed by atoms with Gasteiger partial charge in [0.25, 0.3) is 0 Å². The summed E-state index contributed by atoms with van der Waals surface area (Å²) in [6, 6.07) is 7.82. The van der Waals surface area contributed by atoms with Crippen LogP contribution in [0.25, 0.3) is 0 Å². The highest BCUT2D eigenvalue weighted by Gasteiger charge is 2.16. The van der Waals surface area contributed by atoms with Crippen LogP contribution in [0.5, 0.6) is 0 Å². The summed E-state index contributed by atoms with van der Waals surface area (Å²) in [7, 11) is 1.70. The summed E-state index contributed by atoms with van der Waals surface area (Å²) in [6.45, 7) is 10.7. The Morgan fingerprint density at radius 3 is 2.30 bits per heavy atom. The fourth-order valence-corrected chi connectivity index (χ4v) is 2.47. The molecular formula is C22H37N5O3. The molecule has 0 saturated heterocycles. The Bertz CT molecular complexity index is 696. The molecule has 0 aliphatic rings. The van der Waals surface area contributed by atoms with Crippen LogP contribution in [-0.4, -0.2) is 49.7 Å². The van der Waals surface area contributed by atoms with Gasteiger partial charge in [0.1, 0.15) is 5.60 Å². The number of nitrogens with zero attached hydrogens (tertiary/aromatic N) is 1. The lowest BCUT2D eigenvalue weighted by Crippen LogP contribution is -2.41. The second-order valence-electron chi connectivity index (χ2n) is 8.13. The van der Waals surface area contributed by atoms with Gasteiger partial charge in [-0.05, 0) is 58.2 Å². The van der Waals surface area contributed by atoms with Gasteiger partial charge < -0.3 is 20.7 Å². The van der Waals surface area contributed by atoms with E-state index in [9.17, 15) is 9.59 Å². The van der Waals surface area contributed by atoms with Crippen molar-refractivity contribution < 1.29 is 14.3 Å². The Balaban J connectivity index is 2.33. The summed E-state index contributed by atoms with van der Waals surface area (Å²) in [4.78, 5) is 27.8. The van der Waals surface area contributed by atoms with E-state index in [-0.39, 0.29) is 11.9 Å². The lowest BCUT2D eigenvalue weighted by molar-refractivity contribution is -0.121. The number of rotatable bonds is 9. The van der Waals surface area contributed by atoms with Crippen LogP contribution in [0.15, 0.2) is 29.3 Å². The van der Waals surface area contributed by atoms with Crippen LogP contribution in [0.3, 0.4) is 0 Å². The summed E-state index contributed by atoms with van der Waals surface area (Å²) in [6.07, 6.45) is 1.64. The van der Waals surface area contributed by atoms with Gasteiger partial charge >= 0.3 is 6.09 Å². The average molecular weight is 420 g/mol. The second-order valence-corrected chi connectivity index (χ2v) is 8.13. The van der Waals surface area contributed by atoms with Crippen LogP contribution in [-0.2, 0) is 16.0 Å². The Hall–Kier alpha value is -2.77. The molecule has 168 valence electrons. The number of ether oxygens (including phenoxy) is 1. The highest BCUT2D eigenvalue weighted by Crippen LogP contribution is 2.13. The minimum absolute atomic E-state index is 0.0346. The molecule has 0 aliphatic heterocycles. The molecule has 0 aliphatic carbocycles. The van der Waals surface area contributed by atoms with Crippen molar-refractivity contribution in [1.82, 2.24) is 16.0 Å². The van der Waals surface area contributed by atoms with Gasteiger partial charge in [-0.1, -0.05) is 19.1 Å². The highest BCUT2D eigenvalue weighted by atomic mass is 16.6. The Morgan fingerprint density at radius 2 is 1.73 bits per heavy atom. The number of guanidine groups is 1. The van der Waals surface area contributed by atoms with E-state index < -0.39 is 11.7 Å². The van der Waals surface area contributed by atoms with Crippen molar-refractivity contribution in [2.75, 3.05) is 25.5 Å². The second kappa shape index (κ2) is 12.7. The summed E-state index contributed by atoms with van der Waals surface area (Å²) >= 11 is 0. The third kappa shape index (κ3) is 11.3. The maximum Gasteiger partial charge on any atom is 0.412 e. The van der Waals surface area contributed by atoms with Gasteiger partial charge in [0, 0.05) is 38.3 Å². The van der Waals surface area contributed by atoms with Gasteiger partial charge in [0.2, 0.25) is 5.91 Å². The Labute approximate surface area is 180 Å². The van der Waals surface area contributed by atoms with Crippen LogP contribution in [0.4, 0.5) is 10.5 Å². The smallest absolute Gasteiger partial charge is 0.412 e. The van der Waals surface area contributed by atoms with Crippen LogP contribution in [0.2, 0.25) is 0 Å². The Kier molecular flexibility index (Phi) is 10.7. The fraction of sp³-hybridized carbons (Fsp3) is 0.591. The van der Waals surface area contributed by atoms with E-state index in [1.54, 1.807) is 7.05 Å². The monoisotopic (exact) mass is 419 g/mol. The van der Waals surface area contributed by atoms with Crippen LogP contribution in [0.1, 0.15) is 53.0 Å². The lowest BCUT2D eigenvalue weighted by atomic mass is 10.1. The van der Waals surface area contributed by atoms with Crippen LogP contribution in [0, 0.1) is 0 Å². The maximum atomic E-state index is 11.8. The number of carbonyl (C=O) groups excluding carboxylic acids is 2. The first-order valence-electron chi connectivity index (χ1n) is 10.5. The first-order chi connectivity index (χ1) is 14.1. The minimum atomic E-state index is -0.528.